The lowest BCUT2D eigenvalue weighted by Gasteiger charge is -2.28. The quantitative estimate of drug-likeness (QED) is 0.647. The molecule has 9 nitrogen and oxygen atoms in total. The highest BCUT2D eigenvalue weighted by Crippen LogP contribution is 2.26. The first-order valence-electron chi connectivity index (χ1n) is 9.68. The molecule has 0 saturated carbocycles. The van der Waals surface area contributed by atoms with Gasteiger partial charge < -0.3 is 20.4 Å². The van der Waals surface area contributed by atoms with Gasteiger partial charge in [-0.2, -0.15) is 13.2 Å². The van der Waals surface area contributed by atoms with Crippen LogP contribution in [0.4, 0.5) is 29.5 Å². The summed E-state index contributed by atoms with van der Waals surface area (Å²) in [7, 11) is 0. The molecule has 3 rings (SSSR count). The van der Waals surface area contributed by atoms with Gasteiger partial charge in [-0.15, -0.1) is 5.06 Å². The zero-order valence-electron chi connectivity index (χ0n) is 17.3. The number of pyridine rings is 1. The van der Waals surface area contributed by atoms with E-state index in [9.17, 15) is 27.6 Å². The molecule has 2 aromatic rings. The number of rotatable bonds is 3. The van der Waals surface area contributed by atoms with Crippen molar-refractivity contribution in [2.24, 2.45) is 0 Å². The van der Waals surface area contributed by atoms with Crippen molar-refractivity contribution in [1.29, 1.82) is 0 Å². The number of benzene rings is 1. The molecule has 176 valence electrons. The molecule has 0 bridgehead atoms. The summed E-state index contributed by atoms with van der Waals surface area (Å²) in [6, 6.07) is 6.27. The zero-order valence-corrected chi connectivity index (χ0v) is 18.0. The van der Waals surface area contributed by atoms with Crippen LogP contribution in [0.25, 0.3) is 0 Å². The molecular formula is C20H19ClF3N5O4. The van der Waals surface area contributed by atoms with Gasteiger partial charge in [0.25, 0.3) is 5.91 Å². The van der Waals surface area contributed by atoms with Crippen LogP contribution in [-0.2, 0) is 9.63 Å². The number of hydroxylamine groups is 1. The second-order valence-corrected chi connectivity index (χ2v) is 7.46. The second-order valence-electron chi connectivity index (χ2n) is 7.03. The lowest BCUT2D eigenvalue weighted by molar-refractivity contribution is -0.200. The topological polar surface area (TPSA) is 104 Å². The first-order chi connectivity index (χ1) is 15.6. The maximum Gasteiger partial charge on any atom is 0.493 e. The van der Waals surface area contributed by atoms with Crippen molar-refractivity contribution in [3.8, 4) is 0 Å². The van der Waals surface area contributed by atoms with Gasteiger partial charge in [-0.05, 0) is 31.2 Å². The Balaban J connectivity index is 1.95. The summed E-state index contributed by atoms with van der Waals surface area (Å²) < 4.78 is 38.6. The molecule has 0 aliphatic carbocycles. The summed E-state index contributed by atoms with van der Waals surface area (Å²) in [5, 5.41) is 5.95. The molecule has 1 aliphatic rings. The van der Waals surface area contributed by atoms with Crippen molar-refractivity contribution < 1.29 is 32.4 Å². The highest BCUT2D eigenvalue weighted by molar-refractivity contribution is 6.30. The van der Waals surface area contributed by atoms with Crippen molar-refractivity contribution >= 4 is 41.0 Å². The SMILES string of the molecule is Cc1ccc(NC(=O)N2CCNCC2)c(C(=O)N(OC(=O)C(F)(F)F)c2ccc(Cl)cn2)c1. The van der Waals surface area contributed by atoms with Crippen molar-refractivity contribution in [1.82, 2.24) is 15.2 Å². The first kappa shape index (κ1) is 24.3. The molecule has 33 heavy (non-hydrogen) atoms. The Labute approximate surface area is 191 Å². The fourth-order valence-corrected chi connectivity index (χ4v) is 3.04. The lowest BCUT2D eigenvalue weighted by atomic mass is 10.1. The van der Waals surface area contributed by atoms with Gasteiger partial charge in [-0.3, -0.25) is 4.79 Å². The number of anilines is 2. The van der Waals surface area contributed by atoms with E-state index in [4.69, 9.17) is 11.6 Å². The number of nitrogens with zero attached hydrogens (tertiary/aromatic N) is 3. The smallest absolute Gasteiger partial charge is 0.323 e. The van der Waals surface area contributed by atoms with E-state index in [-0.39, 0.29) is 21.3 Å². The fraction of sp³-hybridized carbons (Fsp3) is 0.300. The lowest BCUT2D eigenvalue weighted by Crippen LogP contribution is -2.48. The molecule has 1 aromatic carbocycles. The molecule has 0 atom stereocenters. The van der Waals surface area contributed by atoms with Gasteiger partial charge in [0.2, 0.25) is 0 Å². The highest BCUT2D eigenvalue weighted by atomic mass is 35.5. The number of aryl methyl sites for hydroxylation is 1. The number of nitrogens with one attached hydrogen (secondary N) is 2. The van der Waals surface area contributed by atoms with Gasteiger partial charge in [-0.1, -0.05) is 23.2 Å². The number of amides is 3. The molecule has 0 spiro atoms. The van der Waals surface area contributed by atoms with E-state index >= 15 is 0 Å². The van der Waals surface area contributed by atoms with Crippen LogP contribution in [-0.4, -0.2) is 60.1 Å². The van der Waals surface area contributed by atoms with Crippen LogP contribution in [0.2, 0.25) is 5.02 Å². The van der Waals surface area contributed by atoms with Crippen LogP contribution in [0.5, 0.6) is 0 Å². The van der Waals surface area contributed by atoms with E-state index < -0.39 is 29.9 Å². The maximum atomic E-state index is 13.3. The van der Waals surface area contributed by atoms with Crippen LogP contribution in [0, 0.1) is 6.92 Å². The summed E-state index contributed by atoms with van der Waals surface area (Å²) in [6.07, 6.45) is -4.29. The van der Waals surface area contributed by atoms with Gasteiger partial charge >= 0.3 is 18.2 Å². The third kappa shape index (κ3) is 6.11. The number of hydrogen-bond acceptors (Lipinski definition) is 6. The monoisotopic (exact) mass is 485 g/mol. The van der Waals surface area contributed by atoms with Crippen molar-refractivity contribution in [2.45, 2.75) is 13.1 Å². The third-order valence-corrected chi connectivity index (χ3v) is 4.78. The fourth-order valence-electron chi connectivity index (χ4n) is 2.93. The summed E-state index contributed by atoms with van der Waals surface area (Å²) >= 11 is 5.76. The van der Waals surface area contributed by atoms with Crippen LogP contribution < -0.4 is 15.7 Å². The number of carbonyl (C=O) groups is 3. The number of alkyl halides is 3. The van der Waals surface area contributed by atoms with Crippen molar-refractivity contribution in [3.63, 3.8) is 0 Å². The maximum absolute atomic E-state index is 13.3. The van der Waals surface area contributed by atoms with E-state index in [0.29, 0.717) is 31.7 Å². The van der Waals surface area contributed by atoms with E-state index in [1.165, 1.54) is 23.1 Å². The predicted octanol–water partition coefficient (Wildman–Crippen LogP) is 3.15. The molecule has 1 saturated heterocycles. The van der Waals surface area contributed by atoms with Gasteiger partial charge in [0.05, 0.1) is 16.3 Å². The minimum absolute atomic E-state index is 0.0242. The van der Waals surface area contributed by atoms with Gasteiger partial charge in [0, 0.05) is 32.4 Å². The number of halogens is 4. The Morgan fingerprint density at radius 1 is 1.18 bits per heavy atom. The first-order valence-corrected chi connectivity index (χ1v) is 10.1. The standard InChI is InChI=1S/C20H19ClF3N5O4/c1-12-2-4-15(27-19(32)28-8-6-25-7-9-28)14(10-12)17(30)29(33-18(31)20(22,23)24)16-5-3-13(21)11-26-16/h2-5,10-11,25H,6-9H2,1H3,(H,27,32). The van der Waals surface area contributed by atoms with E-state index in [2.05, 4.69) is 20.5 Å². The molecule has 0 radical (unpaired) electrons. The van der Waals surface area contributed by atoms with Gasteiger partial charge in [0.1, 0.15) is 0 Å². The molecule has 2 N–H and O–H groups in total. The summed E-state index contributed by atoms with van der Waals surface area (Å²) in [6.45, 7) is 3.70. The molecule has 0 unspecified atom stereocenters. The average Bonchev–Trinajstić information content (AvgIpc) is 2.78. The Hall–Kier alpha value is -3.38. The van der Waals surface area contributed by atoms with Gasteiger partial charge in [-0.25, -0.2) is 14.6 Å². The molecule has 1 aromatic heterocycles. The Kier molecular flexibility index (Phi) is 7.39. The zero-order chi connectivity index (χ0) is 24.2. The molecule has 1 aliphatic heterocycles. The van der Waals surface area contributed by atoms with E-state index in [0.717, 1.165) is 12.3 Å². The molecule has 13 heteroatoms. The Bertz CT molecular complexity index is 1040. The predicted molar refractivity (Wildman–Crippen MR) is 113 cm³/mol. The highest BCUT2D eigenvalue weighted by Gasteiger charge is 2.44. The van der Waals surface area contributed by atoms with Crippen LogP contribution in [0.3, 0.4) is 0 Å². The molecule has 3 amide bonds. The second kappa shape index (κ2) is 10.0. The minimum Gasteiger partial charge on any atom is -0.323 e. The van der Waals surface area contributed by atoms with Crippen molar-refractivity contribution in [3.05, 3.63) is 52.7 Å². The molecule has 1 fully saturated rings. The molecular weight excluding hydrogens is 467 g/mol. The number of carbonyl (C=O) groups excluding carboxylic acids is 3. The van der Waals surface area contributed by atoms with Gasteiger partial charge in [0.15, 0.2) is 5.82 Å². The largest absolute Gasteiger partial charge is 0.493 e. The van der Waals surface area contributed by atoms with Crippen LogP contribution in [0.1, 0.15) is 15.9 Å². The summed E-state index contributed by atoms with van der Waals surface area (Å²) in [5.74, 6) is -4.18. The summed E-state index contributed by atoms with van der Waals surface area (Å²) in [4.78, 5) is 47.0. The molecule has 2 heterocycles. The number of hydrogen-bond donors (Lipinski definition) is 2. The minimum atomic E-state index is -5.36. The van der Waals surface area contributed by atoms with E-state index in [1.54, 1.807) is 13.0 Å². The third-order valence-electron chi connectivity index (χ3n) is 4.56. The number of piperazine rings is 1. The number of urea groups is 1. The van der Waals surface area contributed by atoms with E-state index in [1.807, 2.05) is 0 Å². The van der Waals surface area contributed by atoms with Crippen molar-refractivity contribution in [2.75, 3.05) is 36.6 Å². The normalized spacial score (nSPS) is 13.9. The Morgan fingerprint density at radius 3 is 2.48 bits per heavy atom. The van der Waals surface area contributed by atoms with Crippen LogP contribution in [0.15, 0.2) is 36.5 Å². The Morgan fingerprint density at radius 2 is 1.88 bits per heavy atom. The summed E-state index contributed by atoms with van der Waals surface area (Å²) in [5.41, 5.74) is 0.394. The van der Waals surface area contributed by atoms with Crippen LogP contribution >= 0.6 is 11.6 Å². The number of aromatic nitrogens is 1. The average molecular weight is 486 g/mol.